The van der Waals surface area contributed by atoms with Crippen LogP contribution in [0.4, 0.5) is 17.2 Å². The van der Waals surface area contributed by atoms with E-state index in [1.54, 1.807) is 33.5 Å². The van der Waals surface area contributed by atoms with Crippen molar-refractivity contribution in [1.82, 2.24) is 15.2 Å². The van der Waals surface area contributed by atoms with Crippen molar-refractivity contribution in [2.24, 2.45) is 10.7 Å². The molecule has 3 aromatic carbocycles. The number of aliphatic imine (C=N–C) groups is 1. The summed E-state index contributed by atoms with van der Waals surface area (Å²) in [5.74, 6) is 2.31. The number of para-hydroxylation sites is 1. The minimum atomic E-state index is 0.279. The summed E-state index contributed by atoms with van der Waals surface area (Å²) in [4.78, 5) is 9.37. The highest BCUT2D eigenvalue weighted by Gasteiger charge is 2.18. The molecule has 0 aliphatic heterocycles. The molecule has 0 radical (unpaired) electrons. The number of aromatic amines is 1. The van der Waals surface area contributed by atoms with Gasteiger partial charge in [-0.15, -0.1) is 0 Å². The largest absolute Gasteiger partial charge is 0.493 e. The number of amidine groups is 1. The van der Waals surface area contributed by atoms with Gasteiger partial charge in [-0.05, 0) is 18.2 Å². The Morgan fingerprint density at radius 1 is 0.865 bits per heavy atom. The fourth-order valence-electron chi connectivity index (χ4n) is 4.04. The second-order valence-electron chi connectivity index (χ2n) is 8.09. The van der Waals surface area contributed by atoms with Gasteiger partial charge in [0.25, 0.3) is 0 Å². The Hall–Kier alpha value is -5.05. The van der Waals surface area contributed by atoms with E-state index in [-0.39, 0.29) is 5.84 Å². The van der Waals surface area contributed by atoms with Gasteiger partial charge in [0.05, 0.1) is 27.0 Å². The Morgan fingerprint density at radius 2 is 1.51 bits per heavy atom. The molecule has 0 saturated carbocycles. The molecule has 0 unspecified atom stereocenters. The van der Waals surface area contributed by atoms with E-state index in [1.807, 2.05) is 66.7 Å². The molecule has 0 fully saturated rings. The second-order valence-corrected chi connectivity index (χ2v) is 8.09. The number of ether oxygens (including phenoxy) is 3. The topological polar surface area (TPSA) is 120 Å². The van der Waals surface area contributed by atoms with Crippen LogP contribution in [0, 0.1) is 0 Å². The highest BCUT2D eigenvalue weighted by molar-refractivity contribution is 6.06. The molecule has 0 bridgehead atoms. The number of nitrogens with one attached hydrogen (secondary N) is 2. The van der Waals surface area contributed by atoms with E-state index in [0.29, 0.717) is 40.0 Å². The molecule has 37 heavy (non-hydrogen) atoms. The van der Waals surface area contributed by atoms with Crippen LogP contribution in [0.15, 0.2) is 83.9 Å². The van der Waals surface area contributed by atoms with E-state index >= 15 is 0 Å². The highest BCUT2D eigenvalue weighted by Crippen LogP contribution is 2.41. The van der Waals surface area contributed by atoms with Crippen molar-refractivity contribution in [2.45, 2.75) is 0 Å². The predicted molar refractivity (Wildman–Crippen MR) is 146 cm³/mol. The van der Waals surface area contributed by atoms with Gasteiger partial charge in [0.2, 0.25) is 5.75 Å². The van der Waals surface area contributed by atoms with Crippen LogP contribution in [0.1, 0.15) is 5.69 Å². The zero-order valence-electron chi connectivity index (χ0n) is 20.6. The van der Waals surface area contributed by atoms with Gasteiger partial charge in [0, 0.05) is 28.8 Å². The van der Waals surface area contributed by atoms with Crippen LogP contribution >= 0.6 is 0 Å². The number of nitrogens with two attached hydrogens (primary N) is 1. The maximum absolute atomic E-state index is 6.44. The van der Waals surface area contributed by atoms with E-state index in [2.05, 4.69) is 20.5 Å². The number of H-pyrrole nitrogens is 1. The Balaban J connectivity index is 1.67. The first-order valence-electron chi connectivity index (χ1n) is 11.5. The quantitative estimate of drug-likeness (QED) is 0.194. The van der Waals surface area contributed by atoms with Crippen LogP contribution in [-0.2, 0) is 0 Å². The van der Waals surface area contributed by atoms with Crippen LogP contribution in [0.25, 0.3) is 22.2 Å². The first kappa shape index (κ1) is 23.7. The highest BCUT2D eigenvalue weighted by atomic mass is 16.5. The fraction of sp³-hybridized carbons (Fsp3) is 0.107. The van der Waals surface area contributed by atoms with E-state index in [0.717, 1.165) is 22.3 Å². The summed E-state index contributed by atoms with van der Waals surface area (Å²) in [6.07, 6.45) is 0. The minimum Gasteiger partial charge on any atom is -0.493 e. The molecule has 0 atom stereocenters. The second kappa shape index (κ2) is 10.3. The molecule has 5 aromatic rings. The van der Waals surface area contributed by atoms with Crippen molar-refractivity contribution < 1.29 is 14.2 Å². The average Bonchev–Trinajstić information content (AvgIpc) is 3.38. The van der Waals surface area contributed by atoms with Crippen molar-refractivity contribution in [1.29, 1.82) is 0 Å². The predicted octanol–water partition coefficient (Wildman–Crippen LogP) is 5.43. The lowest BCUT2D eigenvalue weighted by Crippen LogP contribution is -2.15. The van der Waals surface area contributed by atoms with Crippen LogP contribution in [0.5, 0.6) is 17.2 Å². The van der Waals surface area contributed by atoms with Gasteiger partial charge < -0.3 is 25.3 Å². The van der Waals surface area contributed by atoms with E-state index in [9.17, 15) is 0 Å². The first-order chi connectivity index (χ1) is 18.1. The Bertz CT molecular complexity index is 1540. The maximum atomic E-state index is 6.44. The summed E-state index contributed by atoms with van der Waals surface area (Å²) < 4.78 is 16.5. The average molecular weight is 495 g/mol. The lowest BCUT2D eigenvalue weighted by Gasteiger charge is -2.15. The van der Waals surface area contributed by atoms with E-state index in [4.69, 9.17) is 24.9 Å². The Morgan fingerprint density at radius 3 is 2.14 bits per heavy atom. The van der Waals surface area contributed by atoms with Crippen molar-refractivity contribution in [3.8, 4) is 28.5 Å². The van der Waals surface area contributed by atoms with E-state index < -0.39 is 0 Å². The summed E-state index contributed by atoms with van der Waals surface area (Å²) in [6.45, 7) is 0. The van der Waals surface area contributed by atoms with Crippen LogP contribution in [0.3, 0.4) is 0 Å². The number of aromatic nitrogens is 3. The lowest BCUT2D eigenvalue weighted by molar-refractivity contribution is 0.324. The van der Waals surface area contributed by atoms with Crippen LogP contribution in [0.2, 0.25) is 0 Å². The smallest absolute Gasteiger partial charge is 0.203 e. The number of anilines is 2. The fourth-order valence-corrected chi connectivity index (χ4v) is 4.04. The number of nitrogens with zero attached hydrogens (tertiary/aromatic N) is 3. The van der Waals surface area contributed by atoms with Crippen molar-refractivity contribution in [3.05, 3.63) is 84.6 Å². The third-order valence-electron chi connectivity index (χ3n) is 5.80. The SMILES string of the molecule is COc1cc(Nc2nc(C(N)=Nc3ccccc3)cc3c(-c4ccccc4)n[nH]c23)cc(OC)c1OC. The Kier molecular flexibility index (Phi) is 6.58. The molecule has 0 aliphatic carbocycles. The maximum Gasteiger partial charge on any atom is 0.203 e. The number of fused-ring (bicyclic) bond motifs is 1. The van der Waals surface area contributed by atoms with Gasteiger partial charge in [0.1, 0.15) is 22.7 Å². The molecule has 5 rings (SSSR count). The molecule has 4 N–H and O–H groups in total. The van der Waals surface area contributed by atoms with Crippen LogP contribution in [-0.4, -0.2) is 42.3 Å². The number of hydrogen-bond donors (Lipinski definition) is 3. The molecule has 0 amide bonds. The third-order valence-corrected chi connectivity index (χ3v) is 5.80. The lowest BCUT2D eigenvalue weighted by atomic mass is 10.1. The van der Waals surface area contributed by atoms with Gasteiger partial charge >= 0.3 is 0 Å². The first-order valence-corrected chi connectivity index (χ1v) is 11.5. The number of hydrogen-bond acceptors (Lipinski definition) is 7. The van der Waals surface area contributed by atoms with Crippen molar-refractivity contribution in [2.75, 3.05) is 26.6 Å². The molecular weight excluding hydrogens is 468 g/mol. The molecule has 0 spiro atoms. The van der Waals surface area contributed by atoms with Gasteiger partial charge in [-0.25, -0.2) is 9.98 Å². The molecule has 9 nitrogen and oxygen atoms in total. The zero-order chi connectivity index (χ0) is 25.8. The number of pyridine rings is 1. The summed E-state index contributed by atoms with van der Waals surface area (Å²) in [5.41, 5.74) is 10.8. The van der Waals surface area contributed by atoms with Gasteiger partial charge in [-0.2, -0.15) is 5.10 Å². The third kappa shape index (κ3) is 4.74. The summed E-state index contributed by atoms with van der Waals surface area (Å²) >= 11 is 0. The summed E-state index contributed by atoms with van der Waals surface area (Å²) in [7, 11) is 4.70. The van der Waals surface area contributed by atoms with Gasteiger partial charge in [-0.3, -0.25) is 5.10 Å². The van der Waals surface area contributed by atoms with Crippen molar-refractivity contribution in [3.63, 3.8) is 0 Å². The van der Waals surface area contributed by atoms with Gasteiger partial charge in [0.15, 0.2) is 17.3 Å². The molecule has 186 valence electrons. The summed E-state index contributed by atoms with van der Waals surface area (Å²) in [6, 6.07) is 24.9. The molecule has 9 heteroatoms. The normalized spacial score (nSPS) is 11.4. The summed E-state index contributed by atoms with van der Waals surface area (Å²) in [5, 5.41) is 11.9. The number of rotatable bonds is 8. The molecule has 2 aromatic heterocycles. The Labute approximate surface area is 213 Å². The monoisotopic (exact) mass is 494 g/mol. The van der Waals surface area contributed by atoms with Gasteiger partial charge in [-0.1, -0.05) is 48.5 Å². The van der Waals surface area contributed by atoms with E-state index in [1.165, 1.54) is 0 Å². The number of methoxy groups -OCH3 is 3. The molecule has 2 heterocycles. The number of benzene rings is 3. The zero-order valence-corrected chi connectivity index (χ0v) is 20.6. The van der Waals surface area contributed by atoms with Crippen molar-refractivity contribution >= 4 is 33.9 Å². The molecular formula is C28H26N6O3. The minimum absolute atomic E-state index is 0.279. The van der Waals surface area contributed by atoms with Crippen LogP contribution < -0.4 is 25.3 Å². The molecule has 0 aliphatic rings. The standard InChI is InChI=1S/C28H26N6O3/c1-35-22-14-19(15-23(36-2)26(22)37-3)31-28-25-20(24(33-34-25)17-10-6-4-7-11-17)16-21(32-28)27(29)30-18-12-8-5-9-13-18/h4-16H,1-3H3,(H2,29,30)(H,31,32)(H,33,34). The molecule has 0 saturated heterocycles.